The Morgan fingerprint density at radius 3 is 2.46 bits per heavy atom. The van der Waals surface area contributed by atoms with Gasteiger partial charge in [-0.25, -0.2) is 23.2 Å². The molecule has 17 heteroatoms. The molecule has 0 unspecified atom stereocenters. The molecular weight excluding hydrogens is 797 g/mol. The molecule has 3 aromatic rings. The van der Waals surface area contributed by atoms with Crippen LogP contribution in [0.2, 0.25) is 0 Å². The van der Waals surface area contributed by atoms with Crippen LogP contribution in [0.5, 0.6) is 11.5 Å². The van der Waals surface area contributed by atoms with Gasteiger partial charge in [0.1, 0.15) is 45.9 Å². The van der Waals surface area contributed by atoms with Crippen LogP contribution in [-0.4, -0.2) is 93.3 Å². The number of fused-ring (bicyclic) bond motifs is 2. The second-order valence-corrected chi connectivity index (χ2v) is 20.1. The minimum absolute atomic E-state index is 0.000980. The number of nitrogens with zero attached hydrogens (tertiary/aromatic N) is 3. The Kier molecular flexibility index (Phi) is 11.8. The van der Waals surface area contributed by atoms with Crippen molar-refractivity contribution in [3.05, 3.63) is 60.1 Å². The molecule has 1 saturated heterocycles. The number of pyridine rings is 1. The number of hydrogen-bond donors (Lipinski definition) is 4. The monoisotopic (exact) mass is 848 g/mol. The van der Waals surface area contributed by atoms with Gasteiger partial charge < -0.3 is 30.1 Å². The number of hydrogen-bond acceptors (Lipinski definition) is 11. The van der Waals surface area contributed by atoms with Gasteiger partial charge in [0.25, 0.3) is 5.91 Å². The van der Waals surface area contributed by atoms with Crippen molar-refractivity contribution in [1.29, 1.82) is 0 Å². The SMILES string of the molecule is CC(C)Oc1ccc(-c2cc(O[C@@H]3C[C@H]4C(=O)N[C@]5(C(=O)NS(=O)(=O)C6(C)CC6)C[C@H]5C=CCC[C@H](C)C[C@@H](C)[C@H](NC(=O)O)C(=O)N4C3)cc(-c3nccs3)n2)cc1. The standard InChI is InChI=1S/C42H52N6O9S2/c1-24(2)56-29-12-10-27(11-13-29)32-19-30(20-33(44-32)37-43-16-17-58-37)57-31-21-34-36(49)46-42(39(51)47-59(54,55)41(5)14-15-41)22-28(42)9-7-6-8-25(3)18-26(4)35(45-40(52)53)38(50)48(34)23-31/h7,9-13,16-17,19-20,24-26,28,31,34-35,45H,6,8,14-15,18,21-23H2,1-5H3,(H,46,49)(H,47,51)(H,52,53)/t25-,26+,28+,31+,34-,35-,42+/m0/s1. The predicted octanol–water partition coefficient (Wildman–Crippen LogP) is 5.53. The number of carbonyl (C=O) groups is 4. The number of carbonyl (C=O) groups excluding carboxylic acids is 3. The highest BCUT2D eigenvalue weighted by Crippen LogP contribution is 2.47. The zero-order chi connectivity index (χ0) is 42.3. The van der Waals surface area contributed by atoms with E-state index in [4.69, 9.17) is 14.5 Å². The molecule has 4 amide bonds. The molecule has 0 spiro atoms. The van der Waals surface area contributed by atoms with Crippen molar-refractivity contribution in [3.8, 4) is 33.5 Å². The molecule has 59 heavy (non-hydrogen) atoms. The molecule has 4 N–H and O–H groups in total. The number of rotatable bonds is 10. The van der Waals surface area contributed by atoms with E-state index in [1.54, 1.807) is 25.3 Å². The topological polar surface area (TPSA) is 206 Å². The van der Waals surface area contributed by atoms with Crippen LogP contribution in [0.3, 0.4) is 0 Å². The number of nitrogens with one attached hydrogen (secondary N) is 3. The molecule has 7 rings (SSSR count). The lowest BCUT2D eigenvalue weighted by Crippen LogP contribution is -2.59. The van der Waals surface area contributed by atoms with Crippen molar-refractivity contribution in [1.82, 2.24) is 30.2 Å². The van der Waals surface area contributed by atoms with E-state index >= 15 is 0 Å². The molecule has 4 heterocycles. The predicted molar refractivity (Wildman–Crippen MR) is 221 cm³/mol. The van der Waals surface area contributed by atoms with Crippen LogP contribution >= 0.6 is 11.3 Å². The first-order valence-corrected chi connectivity index (χ1v) is 22.5. The van der Waals surface area contributed by atoms with Crippen molar-refractivity contribution in [2.45, 2.75) is 114 Å². The number of thiazole rings is 1. The second-order valence-electron chi connectivity index (χ2n) is 17.0. The lowest BCUT2D eigenvalue weighted by Gasteiger charge is -2.32. The van der Waals surface area contributed by atoms with Crippen LogP contribution in [-0.2, 0) is 24.4 Å². The highest BCUT2D eigenvalue weighted by molar-refractivity contribution is 7.91. The van der Waals surface area contributed by atoms with Crippen LogP contribution in [0.15, 0.2) is 60.1 Å². The lowest BCUT2D eigenvalue weighted by atomic mass is 9.88. The molecule has 4 aliphatic rings. The Labute approximate surface area is 348 Å². The second kappa shape index (κ2) is 16.6. The number of allylic oxidation sites excluding steroid dienone is 1. The maximum Gasteiger partial charge on any atom is 0.405 e. The lowest BCUT2D eigenvalue weighted by molar-refractivity contribution is -0.142. The highest BCUT2D eigenvalue weighted by atomic mass is 32.2. The normalized spacial score (nSPS) is 28.0. The average molecular weight is 849 g/mol. The van der Waals surface area contributed by atoms with E-state index in [0.29, 0.717) is 53.6 Å². The fourth-order valence-electron chi connectivity index (χ4n) is 8.08. The largest absolute Gasteiger partial charge is 0.491 e. The number of carboxylic acid groups (broad SMARTS) is 1. The average Bonchev–Trinajstić information content (AvgIpc) is 3.92. The van der Waals surface area contributed by atoms with E-state index in [9.17, 15) is 32.7 Å². The van der Waals surface area contributed by atoms with E-state index in [2.05, 4.69) is 20.3 Å². The summed E-state index contributed by atoms with van der Waals surface area (Å²) in [6, 6.07) is 8.67. The van der Waals surface area contributed by atoms with Crippen molar-refractivity contribution >= 4 is 45.2 Å². The molecule has 0 radical (unpaired) electrons. The highest BCUT2D eigenvalue weighted by Gasteiger charge is 2.63. The van der Waals surface area contributed by atoms with E-state index in [-0.39, 0.29) is 31.4 Å². The number of aromatic nitrogens is 2. The van der Waals surface area contributed by atoms with Crippen molar-refractivity contribution in [2.24, 2.45) is 17.8 Å². The van der Waals surface area contributed by atoms with Gasteiger partial charge >= 0.3 is 6.09 Å². The summed E-state index contributed by atoms with van der Waals surface area (Å²) in [4.78, 5) is 65.8. The molecule has 3 fully saturated rings. The van der Waals surface area contributed by atoms with Crippen LogP contribution in [0.1, 0.15) is 79.6 Å². The smallest absolute Gasteiger partial charge is 0.405 e. The number of ether oxygens (including phenoxy) is 2. The molecule has 2 aliphatic heterocycles. The van der Waals surface area contributed by atoms with Crippen molar-refractivity contribution < 1.29 is 42.2 Å². The van der Waals surface area contributed by atoms with Gasteiger partial charge in [-0.1, -0.05) is 26.0 Å². The third-order valence-corrected chi connectivity index (χ3v) is 14.8. The van der Waals surface area contributed by atoms with Crippen LogP contribution in [0, 0.1) is 17.8 Å². The van der Waals surface area contributed by atoms with Gasteiger partial charge in [0.05, 0.1) is 23.1 Å². The van der Waals surface area contributed by atoms with Gasteiger partial charge in [0, 0.05) is 41.6 Å². The zero-order valence-corrected chi connectivity index (χ0v) is 35.5. The summed E-state index contributed by atoms with van der Waals surface area (Å²) in [5, 5.41) is 17.7. The first kappa shape index (κ1) is 42.1. The molecule has 2 aromatic heterocycles. The summed E-state index contributed by atoms with van der Waals surface area (Å²) in [6.45, 7) is 9.26. The zero-order valence-electron chi connectivity index (χ0n) is 33.8. The summed E-state index contributed by atoms with van der Waals surface area (Å²) in [6.07, 6.45) is 6.27. The van der Waals surface area contributed by atoms with Gasteiger partial charge in [0.15, 0.2) is 0 Å². The van der Waals surface area contributed by atoms with Crippen molar-refractivity contribution in [2.75, 3.05) is 6.54 Å². The minimum Gasteiger partial charge on any atom is -0.491 e. The molecular formula is C42H52N6O9S2. The van der Waals surface area contributed by atoms with Crippen molar-refractivity contribution in [3.63, 3.8) is 0 Å². The Morgan fingerprint density at radius 1 is 1.07 bits per heavy atom. The third-order valence-electron chi connectivity index (χ3n) is 11.8. The number of sulfonamides is 1. The third kappa shape index (κ3) is 9.25. The molecule has 0 bridgehead atoms. The fourth-order valence-corrected chi connectivity index (χ4v) is 9.99. The summed E-state index contributed by atoms with van der Waals surface area (Å²) in [5.41, 5.74) is 0.379. The van der Waals surface area contributed by atoms with E-state index in [1.807, 2.05) is 69.5 Å². The minimum atomic E-state index is -4.02. The quantitative estimate of drug-likeness (QED) is 0.187. The van der Waals surface area contributed by atoms with Gasteiger partial charge in [0.2, 0.25) is 21.8 Å². The maximum absolute atomic E-state index is 14.6. The van der Waals surface area contributed by atoms with Crippen LogP contribution in [0.4, 0.5) is 4.79 Å². The fraction of sp³-hybridized carbons (Fsp3) is 0.524. The van der Waals surface area contributed by atoms with Crippen LogP contribution in [0.25, 0.3) is 22.0 Å². The maximum atomic E-state index is 14.6. The van der Waals surface area contributed by atoms with E-state index < -0.39 is 74.1 Å². The van der Waals surface area contributed by atoms with Crippen LogP contribution < -0.4 is 24.8 Å². The molecule has 316 valence electrons. The molecule has 15 nitrogen and oxygen atoms in total. The first-order chi connectivity index (χ1) is 28.0. The number of benzene rings is 1. The summed E-state index contributed by atoms with van der Waals surface area (Å²) < 4.78 is 40.1. The Balaban J connectivity index is 1.22. The first-order valence-electron chi connectivity index (χ1n) is 20.2. The summed E-state index contributed by atoms with van der Waals surface area (Å²) in [5.74, 6) is -1.75. The molecule has 7 atom stereocenters. The summed E-state index contributed by atoms with van der Waals surface area (Å²) >= 11 is 1.41. The molecule has 2 aliphatic carbocycles. The Bertz CT molecular complexity index is 2210. The molecule has 2 saturated carbocycles. The summed E-state index contributed by atoms with van der Waals surface area (Å²) in [7, 11) is -4.02. The number of amides is 4. The molecule has 1 aromatic carbocycles. The van der Waals surface area contributed by atoms with E-state index in [1.165, 1.54) is 16.2 Å². The van der Waals surface area contributed by atoms with Gasteiger partial charge in [-0.2, -0.15) is 0 Å². The van der Waals surface area contributed by atoms with Gasteiger partial charge in [-0.15, -0.1) is 11.3 Å². The van der Waals surface area contributed by atoms with Gasteiger partial charge in [-0.05, 0) is 95.4 Å². The van der Waals surface area contributed by atoms with E-state index in [0.717, 1.165) is 12.0 Å². The Hall–Kier alpha value is -5.03. The van der Waals surface area contributed by atoms with Gasteiger partial charge in [-0.3, -0.25) is 19.1 Å². The Morgan fingerprint density at radius 2 is 1.80 bits per heavy atom.